The number of aryl methyl sites for hydroxylation is 3. The van der Waals surface area contributed by atoms with Gasteiger partial charge in [0, 0.05) is 32.0 Å². The Morgan fingerprint density at radius 2 is 1.83 bits per heavy atom. The van der Waals surface area contributed by atoms with Crippen molar-refractivity contribution in [1.29, 1.82) is 0 Å². The maximum absolute atomic E-state index is 4.78. The molecule has 0 aliphatic rings. The van der Waals surface area contributed by atoms with Gasteiger partial charge in [-0.15, -0.1) is 24.0 Å². The third kappa shape index (κ3) is 6.86. The molecule has 2 aromatic carbocycles. The lowest BCUT2D eigenvalue weighted by Gasteiger charge is -2.13. The molecule has 0 aliphatic heterocycles. The van der Waals surface area contributed by atoms with Gasteiger partial charge in [-0.1, -0.05) is 48.0 Å². The molecule has 0 amide bonds. The van der Waals surface area contributed by atoms with E-state index >= 15 is 0 Å². The summed E-state index contributed by atoms with van der Waals surface area (Å²) in [7, 11) is 0. The second-order valence-electron chi connectivity index (χ2n) is 7.40. The zero-order valence-corrected chi connectivity index (χ0v) is 20.6. The van der Waals surface area contributed by atoms with Gasteiger partial charge in [-0.25, -0.2) is 9.98 Å². The Morgan fingerprint density at radius 3 is 2.53 bits per heavy atom. The van der Waals surface area contributed by atoms with Crippen LogP contribution in [0.1, 0.15) is 40.6 Å². The predicted octanol–water partition coefficient (Wildman–Crippen LogP) is 4.73. The Morgan fingerprint density at radius 1 is 1.03 bits per heavy atom. The molecule has 1 heterocycles. The first kappa shape index (κ1) is 23.9. The summed E-state index contributed by atoms with van der Waals surface area (Å²) >= 11 is 0. The van der Waals surface area contributed by atoms with Gasteiger partial charge in [0.25, 0.3) is 0 Å². The molecular formula is C24H32IN5. The summed E-state index contributed by atoms with van der Waals surface area (Å²) in [5.74, 6) is 1.86. The summed E-state index contributed by atoms with van der Waals surface area (Å²) < 4.78 is 2.15. The third-order valence-corrected chi connectivity index (χ3v) is 4.98. The predicted molar refractivity (Wildman–Crippen MR) is 135 cm³/mol. The smallest absolute Gasteiger partial charge is 0.191 e. The molecule has 0 bridgehead atoms. The number of aromatic nitrogens is 2. The minimum atomic E-state index is 0. The van der Waals surface area contributed by atoms with Gasteiger partial charge in [-0.2, -0.15) is 0 Å². The Bertz CT molecular complexity index is 977. The van der Waals surface area contributed by atoms with Crippen LogP contribution in [0, 0.1) is 20.8 Å². The van der Waals surface area contributed by atoms with Gasteiger partial charge in [0.05, 0.1) is 6.54 Å². The molecule has 0 spiro atoms. The molecule has 3 aromatic rings. The number of nitrogens with one attached hydrogen (secondary N) is 2. The van der Waals surface area contributed by atoms with Gasteiger partial charge in [0.15, 0.2) is 5.96 Å². The van der Waals surface area contributed by atoms with Crippen LogP contribution in [-0.2, 0) is 19.6 Å². The lowest BCUT2D eigenvalue weighted by atomic mass is 10.1. The van der Waals surface area contributed by atoms with E-state index in [1.54, 1.807) is 0 Å². The van der Waals surface area contributed by atoms with Crippen LogP contribution in [0.3, 0.4) is 0 Å². The molecule has 0 unspecified atom stereocenters. The highest BCUT2D eigenvalue weighted by atomic mass is 127. The molecule has 5 nitrogen and oxygen atoms in total. The summed E-state index contributed by atoms with van der Waals surface area (Å²) in [6.45, 7) is 11.4. The summed E-state index contributed by atoms with van der Waals surface area (Å²) in [4.78, 5) is 9.07. The van der Waals surface area contributed by atoms with Crippen molar-refractivity contribution in [3.8, 4) is 0 Å². The molecule has 0 radical (unpaired) electrons. The van der Waals surface area contributed by atoms with Gasteiger partial charge in [0.2, 0.25) is 0 Å². The molecule has 30 heavy (non-hydrogen) atoms. The van der Waals surface area contributed by atoms with E-state index in [0.717, 1.165) is 31.4 Å². The van der Waals surface area contributed by atoms with Crippen molar-refractivity contribution in [3.63, 3.8) is 0 Å². The first-order valence-corrected chi connectivity index (χ1v) is 10.2. The Kier molecular flexibility index (Phi) is 9.36. The first-order chi connectivity index (χ1) is 14.0. The average Bonchev–Trinajstić information content (AvgIpc) is 3.10. The number of halogens is 1. The van der Waals surface area contributed by atoms with E-state index < -0.39 is 0 Å². The number of rotatable bonds is 7. The first-order valence-electron chi connectivity index (χ1n) is 10.2. The largest absolute Gasteiger partial charge is 0.357 e. The number of hydrogen-bond donors (Lipinski definition) is 2. The lowest BCUT2D eigenvalue weighted by molar-refractivity contribution is 0.760. The van der Waals surface area contributed by atoms with Crippen molar-refractivity contribution in [1.82, 2.24) is 20.2 Å². The van der Waals surface area contributed by atoms with Crippen LogP contribution in [0.25, 0.3) is 0 Å². The quantitative estimate of drug-likeness (QED) is 0.271. The molecule has 0 saturated carbocycles. The van der Waals surface area contributed by atoms with E-state index in [1.807, 2.05) is 19.3 Å². The minimum absolute atomic E-state index is 0. The molecule has 2 N–H and O–H groups in total. The number of guanidine groups is 1. The van der Waals surface area contributed by atoms with E-state index in [2.05, 4.69) is 83.4 Å². The highest BCUT2D eigenvalue weighted by Crippen LogP contribution is 2.11. The normalized spacial score (nSPS) is 11.1. The van der Waals surface area contributed by atoms with Gasteiger partial charge in [-0.3, -0.25) is 0 Å². The molecular weight excluding hydrogens is 485 g/mol. The molecule has 0 aliphatic carbocycles. The van der Waals surface area contributed by atoms with Crippen LogP contribution in [0.5, 0.6) is 0 Å². The second-order valence-corrected chi connectivity index (χ2v) is 7.40. The molecule has 160 valence electrons. The zero-order chi connectivity index (χ0) is 20.6. The summed E-state index contributed by atoms with van der Waals surface area (Å²) in [6.07, 6.45) is 3.86. The molecule has 0 atom stereocenters. The monoisotopic (exact) mass is 517 g/mol. The van der Waals surface area contributed by atoms with E-state index in [0.29, 0.717) is 6.54 Å². The third-order valence-electron chi connectivity index (χ3n) is 4.98. The van der Waals surface area contributed by atoms with Gasteiger partial charge in [-0.05, 0) is 49.9 Å². The van der Waals surface area contributed by atoms with Gasteiger partial charge in [0.1, 0.15) is 5.82 Å². The molecule has 0 saturated heterocycles. The van der Waals surface area contributed by atoms with Crippen molar-refractivity contribution in [2.24, 2.45) is 4.99 Å². The topological polar surface area (TPSA) is 54.2 Å². The van der Waals surface area contributed by atoms with Crippen molar-refractivity contribution in [2.45, 2.75) is 47.3 Å². The Hall–Kier alpha value is -2.35. The Balaban J connectivity index is 0.00000320. The van der Waals surface area contributed by atoms with Crippen molar-refractivity contribution in [3.05, 3.63) is 88.5 Å². The van der Waals surface area contributed by atoms with E-state index in [9.17, 15) is 0 Å². The van der Waals surface area contributed by atoms with Crippen LogP contribution < -0.4 is 10.6 Å². The zero-order valence-electron chi connectivity index (χ0n) is 18.3. The highest BCUT2D eigenvalue weighted by Gasteiger charge is 2.03. The van der Waals surface area contributed by atoms with Crippen LogP contribution >= 0.6 is 24.0 Å². The van der Waals surface area contributed by atoms with Gasteiger partial charge >= 0.3 is 0 Å². The summed E-state index contributed by atoms with van der Waals surface area (Å²) in [5.41, 5.74) is 6.34. The van der Waals surface area contributed by atoms with Crippen LogP contribution in [0.15, 0.2) is 59.9 Å². The molecule has 0 fully saturated rings. The minimum Gasteiger partial charge on any atom is -0.357 e. The van der Waals surface area contributed by atoms with Crippen LogP contribution in [0.4, 0.5) is 0 Å². The number of nitrogens with zero attached hydrogens (tertiary/aromatic N) is 3. The Labute approximate surface area is 197 Å². The summed E-state index contributed by atoms with van der Waals surface area (Å²) in [6, 6.07) is 15.1. The maximum atomic E-state index is 4.78. The van der Waals surface area contributed by atoms with Crippen LogP contribution in [-0.4, -0.2) is 22.1 Å². The standard InChI is InChI=1S/C24H31N5.HI/c1-5-25-24(28-16-23-10-9-18(2)13-19(23)3)27-15-21-7-6-8-22(14-21)17-29-12-11-26-20(29)4;/h6-14H,5,15-17H2,1-4H3,(H2,25,27,28);1H. The molecule has 6 heteroatoms. The van der Waals surface area contributed by atoms with Crippen molar-refractivity contribution < 1.29 is 0 Å². The van der Waals surface area contributed by atoms with Crippen molar-refractivity contribution >= 4 is 29.9 Å². The van der Waals surface area contributed by atoms with Crippen LogP contribution in [0.2, 0.25) is 0 Å². The molecule has 1 aromatic heterocycles. The maximum Gasteiger partial charge on any atom is 0.191 e. The van der Waals surface area contributed by atoms with E-state index in [1.165, 1.54) is 27.8 Å². The fraction of sp³-hybridized carbons (Fsp3) is 0.333. The SMILES string of the molecule is CCNC(=NCc1cccc(Cn2ccnc2C)c1)NCc1ccc(C)cc1C.I. The second kappa shape index (κ2) is 11.7. The van der Waals surface area contributed by atoms with E-state index in [-0.39, 0.29) is 24.0 Å². The molecule has 3 rings (SSSR count). The lowest BCUT2D eigenvalue weighted by Crippen LogP contribution is -2.36. The fourth-order valence-corrected chi connectivity index (χ4v) is 3.33. The summed E-state index contributed by atoms with van der Waals surface area (Å²) in [5, 5.41) is 6.79. The number of hydrogen-bond acceptors (Lipinski definition) is 2. The van der Waals surface area contributed by atoms with Gasteiger partial charge < -0.3 is 15.2 Å². The average molecular weight is 517 g/mol. The number of imidazole rings is 1. The highest BCUT2D eigenvalue weighted by molar-refractivity contribution is 14.0. The fourth-order valence-electron chi connectivity index (χ4n) is 3.33. The number of benzene rings is 2. The van der Waals surface area contributed by atoms with E-state index in [4.69, 9.17) is 4.99 Å². The van der Waals surface area contributed by atoms with Crippen molar-refractivity contribution in [2.75, 3.05) is 6.54 Å². The number of aliphatic imine (C=N–C) groups is 1.